The first-order valence-corrected chi connectivity index (χ1v) is 7.62. The van der Waals surface area contributed by atoms with Gasteiger partial charge < -0.3 is 30.4 Å². The van der Waals surface area contributed by atoms with Gasteiger partial charge in [0.25, 0.3) is 5.91 Å². The fourth-order valence-corrected chi connectivity index (χ4v) is 2.22. The van der Waals surface area contributed by atoms with Crippen LogP contribution in [0, 0.1) is 0 Å². The number of ether oxygens (including phenoxy) is 1. The molecule has 0 bridgehead atoms. The van der Waals surface area contributed by atoms with Gasteiger partial charge in [-0.25, -0.2) is 0 Å². The number of carbonyl (C=O) groups excluding carboxylic acids is 3. The van der Waals surface area contributed by atoms with Crippen molar-refractivity contribution in [3.05, 3.63) is 35.9 Å². The zero-order chi connectivity index (χ0) is 17.5. The molecule has 1 aliphatic heterocycles. The average molecular weight is 358 g/mol. The van der Waals surface area contributed by atoms with E-state index in [1.54, 1.807) is 0 Å². The SMILES string of the molecule is O=C(NCCCO)[C@H](Cc1ccccc1)NC(=O)[C@H]1O[C@@H]1C(=O)[O-].[Na+]. The molecule has 2 rings (SSSR count). The van der Waals surface area contributed by atoms with E-state index in [2.05, 4.69) is 10.6 Å². The normalized spacial score (nSPS) is 19.2. The van der Waals surface area contributed by atoms with Crippen molar-refractivity contribution in [1.29, 1.82) is 0 Å². The van der Waals surface area contributed by atoms with Gasteiger partial charge in [0.05, 0.1) is 5.97 Å². The average Bonchev–Trinajstić information content (AvgIpc) is 3.36. The summed E-state index contributed by atoms with van der Waals surface area (Å²) in [6, 6.07) is 8.23. The van der Waals surface area contributed by atoms with Crippen LogP contribution in [0.3, 0.4) is 0 Å². The molecule has 1 fully saturated rings. The number of nitrogens with one attached hydrogen (secondary N) is 2. The number of carboxylic acid groups (broad SMARTS) is 1. The Balaban J connectivity index is 0.00000312. The van der Waals surface area contributed by atoms with Gasteiger partial charge in [-0.05, 0) is 12.0 Å². The molecule has 1 saturated heterocycles. The van der Waals surface area contributed by atoms with Gasteiger partial charge in [0.15, 0.2) is 6.10 Å². The third-order valence-corrected chi connectivity index (χ3v) is 3.53. The summed E-state index contributed by atoms with van der Waals surface area (Å²) < 4.78 is 4.73. The summed E-state index contributed by atoms with van der Waals surface area (Å²) in [5.41, 5.74) is 0.841. The van der Waals surface area contributed by atoms with Crippen molar-refractivity contribution >= 4 is 17.8 Å². The maximum absolute atomic E-state index is 12.2. The largest absolute Gasteiger partial charge is 1.00 e. The minimum atomic E-state index is -1.46. The van der Waals surface area contributed by atoms with E-state index in [1.165, 1.54) is 0 Å². The van der Waals surface area contributed by atoms with Crippen LogP contribution in [0.4, 0.5) is 0 Å². The Morgan fingerprint density at radius 2 is 1.88 bits per heavy atom. The van der Waals surface area contributed by atoms with Crippen molar-refractivity contribution in [2.75, 3.05) is 13.2 Å². The van der Waals surface area contributed by atoms with E-state index < -0.39 is 36.0 Å². The maximum Gasteiger partial charge on any atom is 1.00 e. The Hall–Kier alpha value is -1.45. The van der Waals surface area contributed by atoms with Crippen molar-refractivity contribution in [2.45, 2.75) is 31.1 Å². The number of hydrogen-bond donors (Lipinski definition) is 3. The number of epoxide rings is 1. The minimum absolute atomic E-state index is 0. The molecule has 9 heteroatoms. The zero-order valence-corrected chi connectivity index (χ0v) is 15.9. The van der Waals surface area contributed by atoms with E-state index in [-0.39, 0.29) is 49.1 Å². The molecule has 1 heterocycles. The fourth-order valence-electron chi connectivity index (χ4n) is 2.22. The van der Waals surface area contributed by atoms with Crippen LogP contribution in [0.5, 0.6) is 0 Å². The molecular formula is C16H19N2NaO6. The van der Waals surface area contributed by atoms with Crippen molar-refractivity contribution in [1.82, 2.24) is 10.6 Å². The van der Waals surface area contributed by atoms with Gasteiger partial charge in [-0.2, -0.15) is 0 Å². The third kappa shape index (κ3) is 6.75. The molecule has 1 aliphatic rings. The van der Waals surface area contributed by atoms with Gasteiger partial charge in [0, 0.05) is 19.6 Å². The summed E-state index contributed by atoms with van der Waals surface area (Å²) in [6.07, 6.45) is -1.74. The van der Waals surface area contributed by atoms with Crippen molar-refractivity contribution in [2.24, 2.45) is 0 Å². The standard InChI is InChI=1S/C16H20N2O6.Na/c19-8-4-7-17-14(20)11(9-10-5-2-1-3-6-10)18-15(21)12-13(24-12)16(22)23;/h1-3,5-6,11-13,19H,4,7-9H2,(H,17,20)(H,18,21)(H,22,23);/q;+1/p-1/t11-,12-,13-;/m0./s1. The van der Waals surface area contributed by atoms with E-state index >= 15 is 0 Å². The molecule has 25 heavy (non-hydrogen) atoms. The summed E-state index contributed by atoms with van der Waals surface area (Å²) in [7, 11) is 0. The fraction of sp³-hybridized carbons (Fsp3) is 0.438. The predicted molar refractivity (Wildman–Crippen MR) is 80.5 cm³/mol. The molecule has 130 valence electrons. The third-order valence-electron chi connectivity index (χ3n) is 3.53. The molecule has 0 saturated carbocycles. The molecule has 0 spiro atoms. The number of hydrogen-bond acceptors (Lipinski definition) is 6. The number of rotatable bonds is 9. The molecule has 3 N–H and O–H groups in total. The number of amides is 2. The molecule has 8 nitrogen and oxygen atoms in total. The number of aliphatic hydroxyl groups is 1. The van der Waals surface area contributed by atoms with Gasteiger partial charge in [-0.1, -0.05) is 30.3 Å². The number of carbonyl (C=O) groups is 3. The van der Waals surface area contributed by atoms with Crippen molar-refractivity contribution < 1.29 is 58.9 Å². The molecule has 1 aromatic rings. The Morgan fingerprint density at radius 3 is 2.44 bits per heavy atom. The number of carboxylic acids is 1. The van der Waals surface area contributed by atoms with Crippen molar-refractivity contribution in [3.63, 3.8) is 0 Å². The van der Waals surface area contributed by atoms with Crippen LogP contribution in [-0.2, 0) is 25.5 Å². The second kappa shape index (κ2) is 10.5. The van der Waals surface area contributed by atoms with Gasteiger partial charge in [-0.15, -0.1) is 0 Å². The summed E-state index contributed by atoms with van der Waals surface area (Å²) in [5.74, 6) is -2.53. The second-order valence-electron chi connectivity index (χ2n) is 5.42. The van der Waals surface area contributed by atoms with Crippen LogP contribution in [0.2, 0.25) is 0 Å². The van der Waals surface area contributed by atoms with Crippen LogP contribution in [-0.4, -0.2) is 54.3 Å². The first kappa shape index (κ1) is 21.6. The second-order valence-corrected chi connectivity index (χ2v) is 5.42. The molecule has 0 aromatic heterocycles. The molecule has 0 aliphatic carbocycles. The maximum atomic E-state index is 12.2. The van der Waals surface area contributed by atoms with Crippen molar-refractivity contribution in [3.8, 4) is 0 Å². The smallest absolute Gasteiger partial charge is 0.547 e. The first-order valence-electron chi connectivity index (χ1n) is 7.62. The van der Waals surface area contributed by atoms with E-state index in [0.29, 0.717) is 6.42 Å². The van der Waals surface area contributed by atoms with E-state index in [0.717, 1.165) is 5.56 Å². The van der Waals surface area contributed by atoms with Crippen LogP contribution in [0.15, 0.2) is 30.3 Å². The summed E-state index contributed by atoms with van der Waals surface area (Å²) in [6.45, 7) is 0.220. The molecule has 1 aromatic carbocycles. The molecule has 2 amide bonds. The minimum Gasteiger partial charge on any atom is -0.547 e. The van der Waals surface area contributed by atoms with Crippen LogP contribution in [0.1, 0.15) is 12.0 Å². The summed E-state index contributed by atoms with van der Waals surface area (Å²) in [5, 5.41) is 24.5. The van der Waals surface area contributed by atoms with Crippen LogP contribution >= 0.6 is 0 Å². The molecular weight excluding hydrogens is 339 g/mol. The number of aliphatic hydroxyl groups excluding tert-OH is 1. The Labute approximate surface area is 167 Å². The summed E-state index contributed by atoms with van der Waals surface area (Å²) >= 11 is 0. The van der Waals surface area contributed by atoms with E-state index in [1.807, 2.05) is 30.3 Å². The number of benzene rings is 1. The Morgan fingerprint density at radius 1 is 1.20 bits per heavy atom. The molecule has 0 radical (unpaired) electrons. The monoisotopic (exact) mass is 358 g/mol. The van der Waals surface area contributed by atoms with E-state index in [4.69, 9.17) is 9.84 Å². The zero-order valence-electron chi connectivity index (χ0n) is 13.9. The van der Waals surface area contributed by atoms with Crippen LogP contribution < -0.4 is 45.3 Å². The Kier molecular flexibility index (Phi) is 9.09. The van der Waals surface area contributed by atoms with Gasteiger partial charge in [-0.3, -0.25) is 9.59 Å². The summed E-state index contributed by atoms with van der Waals surface area (Å²) in [4.78, 5) is 34.9. The number of aliphatic carboxylic acids is 1. The van der Waals surface area contributed by atoms with E-state index in [9.17, 15) is 19.5 Å². The quantitative estimate of drug-likeness (QED) is 0.230. The first-order chi connectivity index (χ1) is 11.5. The predicted octanol–water partition coefficient (Wildman–Crippen LogP) is -5.27. The van der Waals surface area contributed by atoms with Gasteiger partial charge >= 0.3 is 29.6 Å². The topological polar surface area (TPSA) is 131 Å². The van der Waals surface area contributed by atoms with Crippen LogP contribution in [0.25, 0.3) is 0 Å². The molecule has 0 unspecified atom stereocenters. The Bertz CT molecular complexity index is 598. The van der Waals surface area contributed by atoms with Gasteiger partial charge in [0.2, 0.25) is 5.91 Å². The van der Waals surface area contributed by atoms with Gasteiger partial charge in [0.1, 0.15) is 12.1 Å². The molecule has 3 atom stereocenters.